The second-order valence-electron chi connectivity index (χ2n) is 10.4. The Morgan fingerprint density at radius 2 is 0.673 bits per heavy atom. The summed E-state index contributed by atoms with van der Waals surface area (Å²) in [5.74, 6) is -45.4. The van der Waals surface area contributed by atoms with Crippen LogP contribution < -0.4 is 9.47 Å². The summed E-state index contributed by atoms with van der Waals surface area (Å²) in [6.07, 6.45) is 0. The molecule has 6 nitrogen and oxygen atoms in total. The van der Waals surface area contributed by atoms with Gasteiger partial charge in [0.1, 0.15) is 11.5 Å². The molecule has 0 heterocycles. The molecule has 4 rings (SSSR count). The predicted molar refractivity (Wildman–Crippen MR) is 152 cm³/mol. The number of alkyl halides is 10. The number of esters is 2. The molecule has 0 fully saturated rings. The zero-order chi connectivity index (χ0) is 36.4. The van der Waals surface area contributed by atoms with Gasteiger partial charge in [0.25, 0.3) is 0 Å². The molecule has 4 aromatic carbocycles. The number of hydrogen-bond donors (Lipinski definition) is 2. The molecule has 0 radical (unpaired) electrons. The highest BCUT2D eigenvalue weighted by Crippen LogP contribution is 2.57. The topological polar surface area (TPSA) is 93.1 Å². The summed E-state index contributed by atoms with van der Waals surface area (Å²) in [5, 5.41) is 18.2. The minimum Gasteiger partial charge on any atom is -0.422 e. The third kappa shape index (κ3) is 6.83. The molecule has 0 aromatic heterocycles. The lowest BCUT2D eigenvalue weighted by Gasteiger charge is -2.37. The molecule has 0 aliphatic carbocycles. The van der Waals surface area contributed by atoms with Crippen molar-refractivity contribution in [2.75, 3.05) is 0 Å². The van der Waals surface area contributed by atoms with Gasteiger partial charge in [0.2, 0.25) is 0 Å². The molecule has 0 saturated carbocycles. The number of halogens is 10. The van der Waals surface area contributed by atoms with Crippen molar-refractivity contribution in [1.82, 2.24) is 0 Å². The van der Waals surface area contributed by atoms with E-state index in [2.05, 4.69) is 9.47 Å². The van der Waals surface area contributed by atoms with Gasteiger partial charge in [0.05, 0.1) is 13.2 Å². The Morgan fingerprint density at radius 3 is 0.918 bits per heavy atom. The molecule has 16 heteroatoms. The van der Waals surface area contributed by atoms with Gasteiger partial charge in [-0.05, 0) is 57.6 Å². The normalized spacial score (nSPS) is 12.8. The van der Waals surface area contributed by atoms with E-state index in [1.165, 1.54) is 48.5 Å². The molecule has 0 spiro atoms. The summed E-state index contributed by atoms with van der Waals surface area (Å²) in [6.45, 7) is -0.557. The number of carbonyl (C=O) groups excluding carboxylic acids is 2. The highest BCUT2D eigenvalue weighted by atomic mass is 19.4. The number of carbonyl (C=O) groups is 2. The van der Waals surface area contributed by atoms with Crippen LogP contribution in [0.2, 0.25) is 0 Å². The van der Waals surface area contributed by atoms with Crippen molar-refractivity contribution in [1.29, 1.82) is 0 Å². The Morgan fingerprint density at radius 1 is 0.429 bits per heavy atom. The zero-order valence-electron chi connectivity index (χ0n) is 24.5. The van der Waals surface area contributed by atoms with Crippen LogP contribution in [0.1, 0.15) is 11.1 Å². The molecule has 0 aliphatic rings. The van der Waals surface area contributed by atoms with Gasteiger partial charge in [-0.25, -0.2) is 9.59 Å². The Bertz CT molecular complexity index is 1640. The Kier molecular flexibility index (Phi) is 10.2. The fraction of sp³-hybridized carbons (Fsp3) is 0.212. The van der Waals surface area contributed by atoms with E-state index in [9.17, 15) is 53.5 Å². The molecule has 4 aromatic rings. The molecular formula is C33H22F10O6. The molecule has 2 N–H and O–H groups in total. The van der Waals surface area contributed by atoms with E-state index in [-0.39, 0.29) is 13.2 Å². The maximum absolute atomic E-state index is 14.5. The van der Waals surface area contributed by atoms with Crippen LogP contribution in [0.4, 0.5) is 43.9 Å². The monoisotopic (exact) mass is 704 g/mol. The van der Waals surface area contributed by atoms with E-state index in [0.717, 1.165) is 48.5 Å². The average molecular weight is 705 g/mol. The Hall–Kier alpha value is -4.96. The van der Waals surface area contributed by atoms with Gasteiger partial charge in [-0.1, -0.05) is 72.8 Å². The number of ether oxygens (including phenoxy) is 2. The van der Waals surface area contributed by atoms with E-state index in [1.54, 1.807) is 0 Å². The number of benzene rings is 4. The first-order valence-electron chi connectivity index (χ1n) is 13.7. The van der Waals surface area contributed by atoms with Crippen molar-refractivity contribution < 1.29 is 73.2 Å². The average Bonchev–Trinajstić information content (AvgIpc) is 3.08. The highest BCUT2D eigenvalue weighted by molar-refractivity contribution is 5.83. The number of hydrogen-bond acceptors (Lipinski definition) is 6. The fourth-order valence-electron chi connectivity index (χ4n) is 4.23. The Labute approximate surface area is 270 Å². The molecule has 0 bridgehead atoms. The maximum Gasteiger partial charge on any atom is 0.411 e. The predicted octanol–water partition coefficient (Wildman–Crippen LogP) is 7.69. The summed E-state index contributed by atoms with van der Waals surface area (Å²) in [4.78, 5) is 23.8. The third-order valence-electron chi connectivity index (χ3n) is 7.16. The first-order valence-corrected chi connectivity index (χ1v) is 13.7. The summed E-state index contributed by atoms with van der Waals surface area (Å²) >= 11 is 0. The molecule has 49 heavy (non-hydrogen) atoms. The Balaban J connectivity index is 1.49. The van der Waals surface area contributed by atoms with Gasteiger partial charge >= 0.3 is 41.6 Å². The van der Waals surface area contributed by atoms with Crippen LogP contribution in [0.15, 0.2) is 97.1 Å². The van der Waals surface area contributed by atoms with Crippen LogP contribution in [-0.2, 0) is 22.8 Å². The minimum absolute atomic E-state index is 0.278. The van der Waals surface area contributed by atoms with Gasteiger partial charge < -0.3 is 19.7 Å². The standard InChI is InChI=1S/C33H22F10O6/c34-29(35,27(46)48-25-13-9-23(10-14-25)21-5-1-19(17-44)2-6-21)31(38,39)33(42,43)32(40,41)30(36,37)28(47)49-26-15-11-24(12-16-26)22-7-3-20(18-45)4-8-22/h1-16,44-45H,17-18H2. The lowest BCUT2D eigenvalue weighted by molar-refractivity contribution is -0.390. The summed E-state index contributed by atoms with van der Waals surface area (Å²) in [6, 6.07) is 19.7. The number of aliphatic hydroxyl groups excluding tert-OH is 2. The van der Waals surface area contributed by atoms with Crippen LogP contribution >= 0.6 is 0 Å². The van der Waals surface area contributed by atoms with Crippen molar-refractivity contribution >= 4 is 11.9 Å². The summed E-state index contributed by atoms with van der Waals surface area (Å²) < 4.78 is 152. The number of aliphatic hydroxyl groups is 2. The molecule has 0 atom stereocenters. The lowest BCUT2D eigenvalue weighted by Crippen LogP contribution is -2.70. The lowest BCUT2D eigenvalue weighted by atomic mass is 9.94. The molecule has 0 unspecified atom stereocenters. The van der Waals surface area contributed by atoms with Crippen molar-refractivity contribution in [3.8, 4) is 33.8 Å². The van der Waals surface area contributed by atoms with Crippen LogP contribution in [0.5, 0.6) is 11.5 Å². The summed E-state index contributed by atoms with van der Waals surface area (Å²) in [7, 11) is 0. The SMILES string of the molecule is O=C(Oc1ccc(-c2ccc(CO)cc2)cc1)C(F)(F)C(F)(F)C(F)(F)C(F)(F)C(F)(F)C(=O)Oc1ccc(-c2ccc(CO)cc2)cc1. The van der Waals surface area contributed by atoms with Gasteiger partial charge in [0, 0.05) is 0 Å². The van der Waals surface area contributed by atoms with E-state index >= 15 is 0 Å². The van der Waals surface area contributed by atoms with Crippen molar-refractivity contribution in [3.63, 3.8) is 0 Å². The van der Waals surface area contributed by atoms with E-state index in [1.807, 2.05) is 0 Å². The smallest absolute Gasteiger partial charge is 0.411 e. The first-order chi connectivity index (χ1) is 22.8. The van der Waals surface area contributed by atoms with E-state index < -0.39 is 53.1 Å². The van der Waals surface area contributed by atoms with Crippen LogP contribution in [0, 0.1) is 0 Å². The quantitative estimate of drug-likeness (QED) is 0.0893. The fourth-order valence-corrected chi connectivity index (χ4v) is 4.23. The van der Waals surface area contributed by atoms with Crippen molar-refractivity contribution in [2.45, 2.75) is 42.8 Å². The third-order valence-corrected chi connectivity index (χ3v) is 7.16. The highest BCUT2D eigenvalue weighted by Gasteiger charge is 2.89. The van der Waals surface area contributed by atoms with Gasteiger partial charge in [-0.3, -0.25) is 0 Å². The first kappa shape index (κ1) is 36.9. The van der Waals surface area contributed by atoms with Gasteiger partial charge in [0.15, 0.2) is 0 Å². The molecule has 0 saturated heterocycles. The zero-order valence-corrected chi connectivity index (χ0v) is 24.5. The van der Waals surface area contributed by atoms with Crippen LogP contribution in [-0.4, -0.2) is 51.8 Å². The number of rotatable bonds is 12. The summed E-state index contributed by atoms with van der Waals surface area (Å²) in [5.41, 5.74) is 2.70. The molecular weight excluding hydrogens is 682 g/mol. The van der Waals surface area contributed by atoms with E-state index in [0.29, 0.717) is 33.4 Å². The second-order valence-corrected chi connectivity index (χ2v) is 10.4. The van der Waals surface area contributed by atoms with Gasteiger partial charge in [-0.2, -0.15) is 43.9 Å². The van der Waals surface area contributed by atoms with Gasteiger partial charge in [-0.15, -0.1) is 0 Å². The molecule has 0 aliphatic heterocycles. The minimum atomic E-state index is -7.75. The van der Waals surface area contributed by atoms with Crippen molar-refractivity contribution in [2.24, 2.45) is 0 Å². The largest absolute Gasteiger partial charge is 0.422 e. The second kappa shape index (κ2) is 13.5. The van der Waals surface area contributed by atoms with Crippen LogP contribution in [0.3, 0.4) is 0 Å². The van der Waals surface area contributed by atoms with Crippen LogP contribution in [0.25, 0.3) is 22.3 Å². The maximum atomic E-state index is 14.5. The molecule has 0 amide bonds. The molecule has 260 valence electrons. The van der Waals surface area contributed by atoms with E-state index in [4.69, 9.17) is 10.2 Å². The van der Waals surface area contributed by atoms with Crippen molar-refractivity contribution in [3.05, 3.63) is 108 Å².